The van der Waals surface area contributed by atoms with E-state index >= 15 is 0 Å². The van der Waals surface area contributed by atoms with Crippen LogP contribution in [0, 0.1) is 26.6 Å². The largest absolute Gasteiger partial charge is 0.346 e. The molecule has 4 aromatic carbocycles. The van der Waals surface area contributed by atoms with Crippen LogP contribution in [0.4, 0.5) is 4.39 Å². The third-order valence-corrected chi connectivity index (χ3v) is 7.35. The predicted molar refractivity (Wildman–Crippen MR) is 149 cm³/mol. The number of carbonyl (C=O) groups excluding carboxylic acids is 1. The molecule has 0 bridgehead atoms. The van der Waals surface area contributed by atoms with E-state index in [0.717, 1.165) is 23.0 Å². The molecule has 1 aromatic heterocycles. The van der Waals surface area contributed by atoms with Crippen LogP contribution in [0.1, 0.15) is 51.3 Å². The number of fused-ring (bicyclic) bond motifs is 1. The maximum atomic E-state index is 13.6. The number of amides is 1. The highest BCUT2D eigenvalue weighted by molar-refractivity contribution is 5.99. The first-order valence-corrected chi connectivity index (χ1v) is 12.6. The molecule has 37 heavy (non-hydrogen) atoms. The zero-order valence-electron chi connectivity index (χ0n) is 21.7. The molecule has 1 atom stereocenters. The molecular weight excluding hydrogens is 459 g/mol. The summed E-state index contributed by atoms with van der Waals surface area (Å²) in [4.78, 5) is 13.0. The van der Waals surface area contributed by atoms with Gasteiger partial charge in [-0.15, -0.1) is 0 Å². The number of rotatable bonds is 6. The summed E-state index contributed by atoms with van der Waals surface area (Å²) in [6.45, 7) is 8.99. The van der Waals surface area contributed by atoms with E-state index in [4.69, 9.17) is 0 Å². The molecule has 0 spiro atoms. The second kappa shape index (κ2) is 10.1. The topological polar surface area (TPSA) is 34.0 Å². The van der Waals surface area contributed by atoms with Crippen molar-refractivity contribution in [1.29, 1.82) is 0 Å². The summed E-state index contributed by atoms with van der Waals surface area (Å²) < 4.78 is 15.9. The van der Waals surface area contributed by atoms with Crippen molar-refractivity contribution in [1.82, 2.24) is 9.88 Å². The van der Waals surface area contributed by atoms with Crippen LogP contribution >= 0.6 is 0 Å². The predicted octanol–water partition coefficient (Wildman–Crippen LogP) is 7.91. The highest BCUT2D eigenvalue weighted by Gasteiger charge is 2.16. The monoisotopic (exact) mass is 490 g/mol. The van der Waals surface area contributed by atoms with Crippen molar-refractivity contribution in [2.75, 3.05) is 0 Å². The average Bonchev–Trinajstić information content (AvgIpc) is 3.13. The zero-order valence-corrected chi connectivity index (χ0v) is 21.7. The molecule has 0 radical (unpaired) electrons. The Hall–Kier alpha value is -4.18. The minimum Gasteiger partial charge on any atom is -0.346 e. The van der Waals surface area contributed by atoms with Gasteiger partial charge in [0.15, 0.2) is 0 Å². The van der Waals surface area contributed by atoms with E-state index < -0.39 is 0 Å². The van der Waals surface area contributed by atoms with Gasteiger partial charge >= 0.3 is 0 Å². The molecule has 5 aromatic rings. The van der Waals surface area contributed by atoms with Gasteiger partial charge in [0.25, 0.3) is 5.91 Å². The van der Waals surface area contributed by atoms with Crippen molar-refractivity contribution in [2.24, 2.45) is 0 Å². The van der Waals surface area contributed by atoms with Gasteiger partial charge in [0, 0.05) is 28.7 Å². The molecule has 1 unspecified atom stereocenters. The van der Waals surface area contributed by atoms with Crippen LogP contribution < -0.4 is 5.32 Å². The van der Waals surface area contributed by atoms with Gasteiger partial charge in [0.05, 0.1) is 6.04 Å². The van der Waals surface area contributed by atoms with E-state index in [2.05, 4.69) is 79.2 Å². The lowest BCUT2D eigenvalue weighted by Crippen LogP contribution is -2.26. The average molecular weight is 491 g/mol. The molecule has 4 heteroatoms. The third kappa shape index (κ3) is 4.92. The molecule has 0 aliphatic rings. The third-order valence-electron chi connectivity index (χ3n) is 7.35. The summed E-state index contributed by atoms with van der Waals surface area (Å²) in [5, 5.41) is 4.06. The van der Waals surface area contributed by atoms with Gasteiger partial charge in [-0.3, -0.25) is 4.79 Å². The van der Waals surface area contributed by atoms with Gasteiger partial charge in [-0.25, -0.2) is 4.39 Å². The van der Waals surface area contributed by atoms with E-state index in [1.807, 2.05) is 31.2 Å². The molecule has 0 saturated carbocycles. The Morgan fingerprint density at radius 3 is 2.38 bits per heavy atom. The summed E-state index contributed by atoms with van der Waals surface area (Å²) in [5.41, 5.74) is 9.75. The van der Waals surface area contributed by atoms with Gasteiger partial charge in [0.2, 0.25) is 0 Å². The number of hydrogen-bond donors (Lipinski definition) is 1. The maximum Gasteiger partial charge on any atom is 0.251 e. The summed E-state index contributed by atoms with van der Waals surface area (Å²) in [6.07, 6.45) is 0. The van der Waals surface area contributed by atoms with E-state index in [-0.39, 0.29) is 17.8 Å². The van der Waals surface area contributed by atoms with E-state index in [1.54, 1.807) is 6.07 Å². The summed E-state index contributed by atoms with van der Waals surface area (Å²) in [7, 11) is 0. The molecule has 186 valence electrons. The van der Waals surface area contributed by atoms with Gasteiger partial charge in [-0.1, -0.05) is 60.7 Å². The molecule has 1 N–H and O–H groups in total. The van der Waals surface area contributed by atoms with Gasteiger partial charge in [-0.05, 0) is 91.4 Å². The van der Waals surface area contributed by atoms with Crippen molar-refractivity contribution in [2.45, 2.75) is 40.3 Å². The van der Waals surface area contributed by atoms with Gasteiger partial charge in [-0.2, -0.15) is 0 Å². The number of benzene rings is 4. The van der Waals surface area contributed by atoms with Crippen LogP contribution in [0.3, 0.4) is 0 Å². The molecule has 0 aliphatic heterocycles. The highest BCUT2D eigenvalue weighted by Crippen LogP contribution is 2.29. The van der Waals surface area contributed by atoms with E-state index in [1.165, 1.54) is 45.6 Å². The summed E-state index contributed by atoms with van der Waals surface area (Å²) in [5.74, 6) is -0.479. The van der Waals surface area contributed by atoms with Crippen LogP contribution in [-0.2, 0) is 6.54 Å². The van der Waals surface area contributed by atoms with Crippen molar-refractivity contribution in [3.05, 3.63) is 130 Å². The molecule has 0 aliphatic carbocycles. The summed E-state index contributed by atoms with van der Waals surface area (Å²) >= 11 is 0. The van der Waals surface area contributed by atoms with E-state index in [9.17, 15) is 9.18 Å². The molecule has 0 fully saturated rings. The molecule has 0 saturated heterocycles. The van der Waals surface area contributed by atoms with Crippen molar-refractivity contribution < 1.29 is 9.18 Å². The van der Waals surface area contributed by atoms with Crippen LogP contribution in [0.5, 0.6) is 0 Å². The second-order valence-electron chi connectivity index (χ2n) is 9.79. The van der Waals surface area contributed by atoms with Crippen LogP contribution in [0.25, 0.3) is 22.0 Å². The minimum atomic E-state index is -0.308. The fourth-order valence-electron chi connectivity index (χ4n) is 5.00. The standard InChI is InChI=1S/C33H31FN2O/c1-21-8-5-6-11-30(21)26-14-12-25(13-15-26)20-36-24(4)22(2)31-19-28(16-17-32(31)36)33(37)35-23(3)27-9-7-10-29(34)18-27/h5-19,23H,20H2,1-4H3,(H,35,37). The number of aryl methyl sites for hydroxylation is 2. The molecular formula is C33H31FN2O. The van der Waals surface area contributed by atoms with E-state index in [0.29, 0.717) is 5.56 Å². The number of nitrogens with zero attached hydrogens (tertiary/aromatic N) is 1. The lowest BCUT2D eigenvalue weighted by atomic mass is 9.99. The van der Waals surface area contributed by atoms with Gasteiger partial charge in [0.1, 0.15) is 5.82 Å². The second-order valence-corrected chi connectivity index (χ2v) is 9.79. The minimum absolute atomic E-state index is 0.171. The molecule has 3 nitrogen and oxygen atoms in total. The zero-order chi connectivity index (χ0) is 26.1. The molecule has 1 amide bonds. The van der Waals surface area contributed by atoms with Crippen LogP contribution in [0.2, 0.25) is 0 Å². The Bertz CT molecular complexity index is 1600. The Labute approximate surface area is 217 Å². The highest BCUT2D eigenvalue weighted by atomic mass is 19.1. The van der Waals surface area contributed by atoms with Gasteiger partial charge < -0.3 is 9.88 Å². The Kier molecular flexibility index (Phi) is 6.66. The van der Waals surface area contributed by atoms with Crippen LogP contribution in [-0.4, -0.2) is 10.5 Å². The Morgan fingerprint density at radius 1 is 0.892 bits per heavy atom. The molecule has 5 rings (SSSR count). The smallest absolute Gasteiger partial charge is 0.251 e. The maximum absolute atomic E-state index is 13.6. The molecule has 1 heterocycles. The Morgan fingerprint density at radius 2 is 1.65 bits per heavy atom. The quantitative estimate of drug-likeness (QED) is 0.258. The first-order chi connectivity index (χ1) is 17.8. The first-order valence-electron chi connectivity index (χ1n) is 12.6. The fraction of sp³-hybridized carbons (Fsp3) is 0.182. The number of nitrogens with one attached hydrogen (secondary N) is 1. The lowest BCUT2D eigenvalue weighted by Gasteiger charge is -2.15. The number of aromatic nitrogens is 1. The normalized spacial score (nSPS) is 12.0. The summed E-state index contributed by atoms with van der Waals surface area (Å²) in [6, 6.07) is 29.1. The Balaban J connectivity index is 1.38. The number of halogens is 1. The number of carbonyl (C=O) groups is 1. The van der Waals surface area contributed by atoms with Crippen molar-refractivity contribution in [3.8, 4) is 11.1 Å². The lowest BCUT2D eigenvalue weighted by molar-refractivity contribution is 0.0940. The van der Waals surface area contributed by atoms with Crippen molar-refractivity contribution >= 4 is 16.8 Å². The fourth-order valence-corrected chi connectivity index (χ4v) is 5.00. The SMILES string of the molecule is Cc1ccccc1-c1ccc(Cn2c(C)c(C)c3cc(C(=O)NC(C)c4cccc(F)c4)ccc32)cc1. The first kappa shape index (κ1) is 24.5. The number of hydrogen-bond acceptors (Lipinski definition) is 1. The van der Waals surface area contributed by atoms with Crippen molar-refractivity contribution in [3.63, 3.8) is 0 Å². The van der Waals surface area contributed by atoms with Crippen LogP contribution in [0.15, 0.2) is 91.0 Å².